The highest BCUT2D eigenvalue weighted by atomic mass is 35.5. The Morgan fingerprint density at radius 1 is 1.29 bits per heavy atom. The molecule has 0 fully saturated rings. The van der Waals surface area contributed by atoms with E-state index in [1.54, 1.807) is 0 Å². The van der Waals surface area contributed by atoms with E-state index in [-0.39, 0.29) is 6.04 Å². The van der Waals surface area contributed by atoms with E-state index in [4.69, 9.17) is 28.9 Å². The largest absolute Gasteiger partial charge is 0.329 e. The molecule has 1 heterocycles. The van der Waals surface area contributed by atoms with Crippen molar-refractivity contribution in [1.82, 2.24) is 4.90 Å². The van der Waals surface area contributed by atoms with Crippen LogP contribution in [0.2, 0.25) is 10.0 Å². The molecular weight excluding hydrogens is 255 g/mol. The lowest BCUT2D eigenvalue weighted by molar-refractivity contribution is 0.218. The van der Waals surface area contributed by atoms with Crippen molar-refractivity contribution in [1.29, 1.82) is 0 Å². The zero-order chi connectivity index (χ0) is 12.3. The molecule has 4 heteroatoms. The molecule has 17 heavy (non-hydrogen) atoms. The fourth-order valence-corrected chi connectivity index (χ4v) is 2.61. The third-order valence-electron chi connectivity index (χ3n) is 3.07. The highest BCUT2D eigenvalue weighted by molar-refractivity contribution is 6.35. The number of hydrogen-bond donors (Lipinski definition) is 1. The second kappa shape index (κ2) is 5.87. The molecule has 0 radical (unpaired) electrons. The molecule has 0 saturated carbocycles. The monoisotopic (exact) mass is 270 g/mol. The molecule has 92 valence electrons. The van der Waals surface area contributed by atoms with Crippen molar-refractivity contribution in [3.63, 3.8) is 0 Å². The first-order chi connectivity index (χ1) is 8.22. The van der Waals surface area contributed by atoms with E-state index in [2.05, 4.69) is 17.1 Å². The molecule has 1 aromatic rings. The summed E-state index contributed by atoms with van der Waals surface area (Å²) in [5, 5.41) is 1.45. The van der Waals surface area contributed by atoms with E-state index >= 15 is 0 Å². The molecule has 1 atom stereocenters. The summed E-state index contributed by atoms with van der Waals surface area (Å²) >= 11 is 12.4. The van der Waals surface area contributed by atoms with Crippen LogP contribution in [-0.4, -0.2) is 24.0 Å². The van der Waals surface area contributed by atoms with Crippen molar-refractivity contribution in [2.45, 2.75) is 19.0 Å². The Morgan fingerprint density at radius 3 is 2.65 bits per heavy atom. The highest BCUT2D eigenvalue weighted by Crippen LogP contribution is 2.27. The number of benzene rings is 1. The number of halogens is 2. The maximum Gasteiger partial charge on any atom is 0.0465 e. The standard InChI is InChI=1S/C13H16Cl2N2/c14-12-5-3-6-13(15)11(12)9-17-7-2-1-4-10(17)8-16/h1,3-6,10H,2,7-9,16H2. The fraction of sp³-hybridized carbons (Fsp3) is 0.385. The third kappa shape index (κ3) is 3.02. The van der Waals surface area contributed by atoms with Gasteiger partial charge in [-0.2, -0.15) is 0 Å². The van der Waals surface area contributed by atoms with Gasteiger partial charge in [-0.05, 0) is 18.6 Å². The molecule has 0 bridgehead atoms. The van der Waals surface area contributed by atoms with Crippen LogP contribution in [0.5, 0.6) is 0 Å². The molecule has 0 aromatic heterocycles. The summed E-state index contributed by atoms with van der Waals surface area (Å²) in [6.07, 6.45) is 5.40. The van der Waals surface area contributed by atoms with Gasteiger partial charge in [-0.25, -0.2) is 0 Å². The van der Waals surface area contributed by atoms with E-state index < -0.39 is 0 Å². The first-order valence-corrected chi connectivity index (χ1v) is 6.51. The van der Waals surface area contributed by atoms with Crippen LogP contribution >= 0.6 is 23.2 Å². The minimum Gasteiger partial charge on any atom is -0.329 e. The number of hydrogen-bond acceptors (Lipinski definition) is 2. The molecule has 1 aliphatic heterocycles. The predicted molar refractivity (Wildman–Crippen MR) is 73.5 cm³/mol. The number of nitrogens with two attached hydrogens (primary N) is 1. The van der Waals surface area contributed by atoms with Crippen molar-refractivity contribution in [3.05, 3.63) is 46.0 Å². The van der Waals surface area contributed by atoms with Gasteiger partial charge < -0.3 is 5.73 Å². The highest BCUT2D eigenvalue weighted by Gasteiger charge is 2.19. The lowest BCUT2D eigenvalue weighted by atomic mass is 10.1. The normalized spacial score (nSPS) is 20.8. The average Bonchev–Trinajstić information content (AvgIpc) is 2.34. The van der Waals surface area contributed by atoms with Crippen LogP contribution in [0.4, 0.5) is 0 Å². The molecule has 0 amide bonds. The summed E-state index contributed by atoms with van der Waals surface area (Å²) in [6, 6.07) is 5.90. The molecule has 1 unspecified atom stereocenters. The van der Waals surface area contributed by atoms with Gasteiger partial charge in [0.05, 0.1) is 0 Å². The molecule has 1 aromatic carbocycles. The van der Waals surface area contributed by atoms with Crippen LogP contribution in [0.15, 0.2) is 30.4 Å². The van der Waals surface area contributed by atoms with Crippen LogP contribution in [0, 0.1) is 0 Å². The smallest absolute Gasteiger partial charge is 0.0465 e. The van der Waals surface area contributed by atoms with Gasteiger partial charge in [0.25, 0.3) is 0 Å². The summed E-state index contributed by atoms with van der Waals surface area (Å²) in [4.78, 5) is 2.31. The molecule has 0 spiro atoms. The summed E-state index contributed by atoms with van der Waals surface area (Å²) < 4.78 is 0. The van der Waals surface area contributed by atoms with E-state index in [0.717, 1.165) is 35.1 Å². The summed E-state index contributed by atoms with van der Waals surface area (Å²) in [5.41, 5.74) is 6.75. The lowest BCUT2D eigenvalue weighted by Gasteiger charge is -2.31. The zero-order valence-electron chi connectivity index (χ0n) is 9.57. The molecule has 1 aliphatic rings. The van der Waals surface area contributed by atoms with Crippen molar-refractivity contribution >= 4 is 23.2 Å². The van der Waals surface area contributed by atoms with Gasteiger partial charge in [-0.1, -0.05) is 41.4 Å². The quantitative estimate of drug-likeness (QED) is 0.856. The van der Waals surface area contributed by atoms with Crippen LogP contribution in [-0.2, 0) is 6.54 Å². The minimum absolute atomic E-state index is 0.288. The SMILES string of the molecule is NCC1C=CCCN1Cc1c(Cl)cccc1Cl. The summed E-state index contributed by atoms with van der Waals surface area (Å²) in [5.74, 6) is 0. The van der Waals surface area contributed by atoms with Crippen molar-refractivity contribution in [3.8, 4) is 0 Å². The van der Waals surface area contributed by atoms with E-state index in [1.807, 2.05) is 18.2 Å². The van der Waals surface area contributed by atoms with Crippen LogP contribution < -0.4 is 5.73 Å². The predicted octanol–water partition coefficient (Wildman–Crippen LogP) is 3.08. The van der Waals surface area contributed by atoms with E-state index in [9.17, 15) is 0 Å². The minimum atomic E-state index is 0.288. The Hall–Kier alpha value is -0.540. The third-order valence-corrected chi connectivity index (χ3v) is 3.78. The van der Waals surface area contributed by atoms with Crippen LogP contribution in [0.25, 0.3) is 0 Å². The van der Waals surface area contributed by atoms with Gasteiger partial charge in [0.15, 0.2) is 0 Å². The van der Waals surface area contributed by atoms with Crippen molar-refractivity contribution in [2.75, 3.05) is 13.1 Å². The second-order valence-corrected chi connectivity index (χ2v) is 5.00. The molecule has 0 aliphatic carbocycles. The second-order valence-electron chi connectivity index (χ2n) is 4.19. The van der Waals surface area contributed by atoms with Gasteiger partial charge in [-0.15, -0.1) is 0 Å². The molecule has 0 saturated heterocycles. The van der Waals surface area contributed by atoms with Crippen LogP contribution in [0.1, 0.15) is 12.0 Å². The Balaban J connectivity index is 2.17. The van der Waals surface area contributed by atoms with Gasteiger partial charge >= 0.3 is 0 Å². The zero-order valence-corrected chi connectivity index (χ0v) is 11.1. The van der Waals surface area contributed by atoms with Gasteiger partial charge in [0, 0.05) is 41.3 Å². The van der Waals surface area contributed by atoms with Gasteiger partial charge in [-0.3, -0.25) is 4.90 Å². The summed E-state index contributed by atoms with van der Waals surface area (Å²) in [7, 11) is 0. The molecule has 2 N–H and O–H groups in total. The molecule has 2 nitrogen and oxygen atoms in total. The Labute approximate surface area is 112 Å². The van der Waals surface area contributed by atoms with E-state index in [1.165, 1.54) is 0 Å². The maximum absolute atomic E-state index is 6.18. The first kappa shape index (κ1) is 12.9. The molecule has 2 rings (SSSR count). The van der Waals surface area contributed by atoms with Crippen molar-refractivity contribution < 1.29 is 0 Å². The Kier molecular flexibility index (Phi) is 4.46. The summed E-state index contributed by atoms with van der Waals surface area (Å²) in [6.45, 7) is 2.38. The topological polar surface area (TPSA) is 29.3 Å². The average molecular weight is 271 g/mol. The van der Waals surface area contributed by atoms with Crippen LogP contribution in [0.3, 0.4) is 0 Å². The fourth-order valence-electron chi connectivity index (χ4n) is 2.09. The molecular formula is C13H16Cl2N2. The van der Waals surface area contributed by atoms with Gasteiger partial charge in [0.2, 0.25) is 0 Å². The number of rotatable bonds is 3. The Morgan fingerprint density at radius 2 is 2.00 bits per heavy atom. The van der Waals surface area contributed by atoms with E-state index in [0.29, 0.717) is 6.54 Å². The first-order valence-electron chi connectivity index (χ1n) is 5.76. The maximum atomic E-state index is 6.18. The lowest BCUT2D eigenvalue weighted by Crippen LogP contribution is -2.41. The Bertz CT molecular complexity index is 398. The van der Waals surface area contributed by atoms with Gasteiger partial charge in [0.1, 0.15) is 0 Å². The number of nitrogens with zero attached hydrogens (tertiary/aromatic N) is 1. The van der Waals surface area contributed by atoms with Crippen molar-refractivity contribution in [2.24, 2.45) is 5.73 Å².